The van der Waals surface area contributed by atoms with Gasteiger partial charge in [-0.25, -0.2) is 4.39 Å². The van der Waals surface area contributed by atoms with E-state index in [4.69, 9.17) is 10.6 Å². The van der Waals surface area contributed by atoms with Gasteiger partial charge in [0.2, 0.25) is 0 Å². The molecule has 1 fully saturated rings. The van der Waals surface area contributed by atoms with Crippen molar-refractivity contribution in [3.05, 3.63) is 35.1 Å². The summed E-state index contributed by atoms with van der Waals surface area (Å²) in [6, 6.07) is 5.00. The number of hydrogen-bond donors (Lipinski definition) is 2. The zero-order chi connectivity index (χ0) is 14.6. The minimum atomic E-state index is -0.191. The molecule has 0 radical (unpaired) electrons. The van der Waals surface area contributed by atoms with Gasteiger partial charge in [-0.05, 0) is 56.4 Å². The van der Waals surface area contributed by atoms with Gasteiger partial charge >= 0.3 is 0 Å². The van der Waals surface area contributed by atoms with E-state index in [1.807, 2.05) is 19.9 Å². The monoisotopic (exact) mass is 280 g/mol. The summed E-state index contributed by atoms with van der Waals surface area (Å²) >= 11 is 0. The third-order valence-corrected chi connectivity index (χ3v) is 4.45. The number of ether oxygens (including phenoxy) is 1. The predicted molar refractivity (Wildman–Crippen MR) is 78.8 cm³/mol. The highest BCUT2D eigenvalue weighted by Gasteiger charge is 2.41. The Labute approximate surface area is 120 Å². The van der Waals surface area contributed by atoms with E-state index in [9.17, 15) is 4.39 Å². The molecule has 20 heavy (non-hydrogen) atoms. The Kier molecular flexibility index (Phi) is 5.13. The van der Waals surface area contributed by atoms with Crippen LogP contribution in [-0.2, 0) is 11.2 Å². The third-order valence-electron chi connectivity index (χ3n) is 4.45. The number of aryl methyl sites for hydroxylation is 1. The molecule has 2 rings (SSSR count). The van der Waals surface area contributed by atoms with E-state index < -0.39 is 0 Å². The normalized spacial score (nSPS) is 19.2. The van der Waals surface area contributed by atoms with E-state index in [0.717, 1.165) is 30.4 Å². The molecule has 1 aromatic carbocycles. The molecule has 0 spiro atoms. The first-order chi connectivity index (χ1) is 9.61. The molecule has 112 valence electrons. The molecule has 1 atom stereocenters. The lowest BCUT2D eigenvalue weighted by molar-refractivity contribution is -0.0613. The maximum Gasteiger partial charge on any atom is 0.123 e. The van der Waals surface area contributed by atoms with Gasteiger partial charge in [-0.15, -0.1) is 0 Å². The molecule has 1 saturated carbocycles. The summed E-state index contributed by atoms with van der Waals surface area (Å²) in [4.78, 5) is 0. The number of nitrogens with two attached hydrogens (primary N) is 1. The van der Waals surface area contributed by atoms with E-state index in [-0.39, 0.29) is 17.5 Å². The molecule has 0 amide bonds. The quantitative estimate of drug-likeness (QED) is 0.622. The lowest BCUT2D eigenvalue weighted by atomic mass is 9.86. The average molecular weight is 280 g/mol. The highest BCUT2D eigenvalue weighted by Crippen LogP contribution is 2.37. The minimum Gasteiger partial charge on any atom is -0.374 e. The molecular weight excluding hydrogens is 255 g/mol. The van der Waals surface area contributed by atoms with Crippen molar-refractivity contribution in [3.63, 3.8) is 0 Å². The summed E-state index contributed by atoms with van der Waals surface area (Å²) in [6.07, 6.45) is 5.20. The second kappa shape index (κ2) is 6.66. The fourth-order valence-corrected chi connectivity index (χ4v) is 3.36. The van der Waals surface area contributed by atoms with Crippen molar-refractivity contribution in [1.29, 1.82) is 0 Å². The van der Waals surface area contributed by atoms with Crippen LogP contribution in [0.1, 0.15) is 43.7 Å². The van der Waals surface area contributed by atoms with E-state index in [1.165, 1.54) is 18.9 Å². The van der Waals surface area contributed by atoms with Gasteiger partial charge in [0.05, 0.1) is 11.6 Å². The second-order valence-corrected chi connectivity index (χ2v) is 5.70. The van der Waals surface area contributed by atoms with Gasteiger partial charge in [0.1, 0.15) is 5.82 Å². The Balaban J connectivity index is 2.18. The van der Waals surface area contributed by atoms with Crippen molar-refractivity contribution >= 4 is 0 Å². The van der Waals surface area contributed by atoms with Crippen molar-refractivity contribution in [1.82, 2.24) is 5.43 Å². The van der Waals surface area contributed by atoms with Crippen LogP contribution in [0.5, 0.6) is 0 Å². The minimum absolute atomic E-state index is 0.0640. The Bertz CT molecular complexity index is 444. The highest BCUT2D eigenvalue weighted by atomic mass is 19.1. The Hall–Kier alpha value is -0.970. The maximum atomic E-state index is 13.2. The van der Waals surface area contributed by atoms with Crippen LogP contribution < -0.4 is 11.3 Å². The number of rotatable bonds is 6. The molecular formula is C16H25FN2O. The molecule has 0 aromatic heterocycles. The van der Waals surface area contributed by atoms with Gasteiger partial charge in [0, 0.05) is 6.61 Å². The molecule has 1 aliphatic carbocycles. The number of benzene rings is 1. The maximum absolute atomic E-state index is 13.2. The van der Waals surface area contributed by atoms with Crippen molar-refractivity contribution in [3.8, 4) is 0 Å². The Morgan fingerprint density at radius 2 is 2.10 bits per heavy atom. The summed E-state index contributed by atoms with van der Waals surface area (Å²) in [5.74, 6) is 5.60. The summed E-state index contributed by atoms with van der Waals surface area (Å²) in [6.45, 7) is 4.66. The first kappa shape index (κ1) is 15.4. The lowest BCUT2D eigenvalue weighted by Crippen LogP contribution is -2.54. The highest BCUT2D eigenvalue weighted by molar-refractivity contribution is 5.28. The SMILES string of the molecule is CCOC1(C(Cc2ccc(F)cc2C)NN)CCCC1. The smallest absolute Gasteiger partial charge is 0.123 e. The van der Waals surface area contributed by atoms with Crippen LogP contribution in [0.4, 0.5) is 4.39 Å². The van der Waals surface area contributed by atoms with Crippen LogP contribution in [0.2, 0.25) is 0 Å². The average Bonchev–Trinajstić information content (AvgIpc) is 2.88. The summed E-state index contributed by atoms with van der Waals surface area (Å²) in [5.41, 5.74) is 4.86. The van der Waals surface area contributed by atoms with E-state index in [2.05, 4.69) is 5.43 Å². The molecule has 0 aliphatic heterocycles. The van der Waals surface area contributed by atoms with Crippen molar-refractivity contribution < 1.29 is 9.13 Å². The van der Waals surface area contributed by atoms with Gasteiger partial charge in [-0.2, -0.15) is 0 Å². The van der Waals surface area contributed by atoms with Crippen LogP contribution in [0.3, 0.4) is 0 Å². The lowest BCUT2D eigenvalue weighted by Gasteiger charge is -2.37. The van der Waals surface area contributed by atoms with Crippen LogP contribution >= 0.6 is 0 Å². The number of hydrazine groups is 1. The van der Waals surface area contributed by atoms with Gasteiger partial charge < -0.3 is 4.74 Å². The first-order valence-electron chi connectivity index (χ1n) is 7.46. The summed E-state index contributed by atoms with van der Waals surface area (Å²) in [7, 11) is 0. The topological polar surface area (TPSA) is 47.3 Å². The van der Waals surface area contributed by atoms with Crippen LogP contribution in [0, 0.1) is 12.7 Å². The van der Waals surface area contributed by atoms with Gasteiger partial charge in [-0.3, -0.25) is 11.3 Å². The van der Waals surface area contributed by atoms with Crippen molar-refractivity contribution in [2.24, 2.45) is 5.84 Å². The van der Waals surface area contributed by atoms with E-state index in [1.54, 1.807) is 6.07 Å². The fourth-order valence-electron chi connectivity index (χ4n) is 3.36. The molecule has 0 bridgehead atoms. The van der Waals surface area contributed by atoms with Crippen molar-refractivity contribution in [2.45, 2.75) is 57.6 Å². The number of halogens is 1. The molecule has 1 unspecified atom stereocenters. The predicted octanol–water partition coefficient (Wildman–Crippen LogP) is 2.86. The van der Waals surface area contributed by atoms with E-state index >= 15 is 0 Å². The zero-order valence-corrected chi connectivity index (χ0v) is 12.4. The van der Waals surface area contributed by atoms with Crippen LogP contribution in [0.15, 0.2) is 18.2 Å². The molecule has 4 heteroatoms. The van der Waals surface area contributed by atoms with Crippen LogP contribution in [0.25, 0.3) is 0 Å². The zero-order valence-electron chi connectivity index (χ0n) is 12.4. The van der Waals surface area contributed by atoms with Crippen molar-refractivity contribution in [2.75, 3.05) is 6.61 Å². The second-order valence-electron chi connectivity index (χ2n) is 5.70. The number of nitrogens with one attached hydrogen (secondary N) is 1. The van der Waals surface area contributed by atoms with Gasteiger partial charge in [0.25, 0.3) is 0 Å². The van der Waals surface area contributed by atoms with Crippen LogP contribution in [-0.4, -0.2) is 18.2 Å². The first-order valence-corrected chi connectivity index (χ1v) is 7.46. The number of hydrogen-bond acceptors (Lipinski definition) is 3. The fraction of sp³-hybridized carbons (Fsp3) is 0.625. The molecule has 0 saturated heterocycles. The largest absolute Gasteiger partial charge is 0.374 e. The molecule has 1 aliphatic rings. The Morgan fingerprint density at radius 1 is 1.40 bits per heavy atom. The molecule has 1 aromatic rings. The summed E-state index contributed by atoms with van der Waals surface area (Å²) in [5, 5.41) is 0. The molecule has 3 nitrogen and oxygen atoms in total. The van der Waals surface area contributed by atoms with Gasteiger partial charge in [-0.1, -0.05) is 18.9 Å². The molecule has 3 N–H and O–H groups in total. The van der Waals surface area contributed by atoms with E-state index in [0.29, 0.717) is 6.61 Å². The third kappa shape index (κ3) is 3.19. The Morgan fingerprint density at radius 3 is 2.65 bits per heavy atom. The standard InChI is InChI=1S/C16H25FN2O/c1-3-20-16(8-4-5-9-16)15(19-18)11-13-6-7-14(17)10-12(13)2/h6-7,10,15,19H,3-5,8-9,11,18H2,1-2H3. The van der Waals surface area contributed by atoms with Gasteiger partial charge in [0.15, 0.2) is 0 Å². The summed E-state index contributed by atoms with van der Waals surface area (Å²) < 4.78 is 19.3. The molecule has 0 heterocycles.